The molecule has 0 aromatic rings. The van der Waals surface area contributed by atoms with Crippen LogP contribution in [0.5, 0.6) is 0 Å². The van der Waals surface area contributed by atoms with Crippen LogP contribution in [-0.4, -0.2) is 61.5 Å². The van der Waals surface area contributed by atoms with Crippen molar-refractivity contribution in [1.82, 2.24) is 15.1 Å². The minimum atomic E-state index is -0.000747. The Hall–Kier alpha value is -0.610. The molecule has 5 rings (SSSR count). The zero-order valence-electron chi connectivity index (χ0n) is 17.2. The van der Waals surface area contributed by atoms with Gasteiger partial charge in [-0.1, -0.05) is 13.8 Å². The summed E-state index contributed by atoms with van der Waals surface area (Å²) < 4.78 is 0. The van der Waals surface area contributed by atoms with E-state index in [1.54, 1.807) is 0 Å². The minimum absolute atomic E-state index is 0.000747. The molecular formula is C22H39N3O. The second-order valence-corrected chi connectivity index (χ2v) is 10.5. The Bertz CT molecular complexity index is 474. The molecule has 148 valence electrons. The van der Waals surface area contributed by atoms with Gasteiger partial charge in [0, 0.05) is 44.2 Å². The first-order chi connectivity index (χ1) is 12.4. The molecular weight excluding hydrogens is 322 g/mol. The first-order valence-electron chi connectivity index (χ1n) is 11.1. The Balaban J connectivity index is 1.37. The normalized spacial score (nSPS) is 38.7. The van der Waals surface area contributed by atoms with Crippen molar-refractivity contribution >= 4 is 5.91 Å². The second-order valence-electron chi connectivity index (χ2n) is 10.5. The molecule has 0 aromatic carbocycles. The SMILES string of the molecule is CC(C)CC(CNC(=O)C12CC3CC(CC(C3)C1)C2)N1CCN(C)CC1. The van der Waals surface area contributed by atoms with Gasteiger partial charge in [0.05, 0.1) is 0 Å². The zero-order valence-corrected chi connectivity index (χ0v) is 17.2. The van der Waals surface area contributed by atoms with Crippen LogP contribution in [0.2, 0.25) is 0 Å². The monoisotopic (exact) mass is 361 g/mol. The molecule has 1 saturated heterocycles. The third-order valence-electron chi connectivity index (χ3n) is 7.82. The Morgan fingerprint density at radius 2 is 1.54 bits per heavy atom. The van der Waals surface area contributed by atoms with Crippen molar-refractivity contribution in [2.24, 2.45) is 29.1 Å². The van der Waals surface area contributed by atoms with Crippen LogP contribution in [-0.2, 0) is 4.79 Å². The maximum absolute atomic E-state index is 13.3. The van der Waals surface area contributed by atoms with Crippen molar-refractivity contribution in [1.29, 1.82) is 0 Å². The quantitative estimate of drug-likeness (QED) is 0.790. The number of piperazine rings is 1. The number of likely N-dealkylation sites (N-methyl/N-ethyl adjacent to an activating group) is 1. The molecule has 1 atom stereocenters. The van der Waals surface area contributed by atoms with Crippen LogP contribution in [0.3, 0.4) is 0 Å². The van der Waals surface area contributed by atoms with Crippen molar-refractivity contribution in [3.63, 3.8) is 0 Å². The molecule has 4 bridgehead atoms. The van der Waals surface area contributed by atoms with Crippen molar-refractivity contribution < 1.29 is 4.79 Å². The summed E-state index contributed by atoms with van der Waals surface area (Å²) in [6.07, 6.45) is 8.93. The van der Waals surface area contributed by atoms with Gasteiger partial charge in [0.2, 0.25) is 5.91 Å². The summed E-state index contributed by atoms with van der Waals surface area (Å²) >= 11 is 0. The number of nitrogens with one attached hydrogen (secondary N) is 1. The van der Waals surface area contributed by atoms with E-state index in [0.717, 1.165) is 50.5 Å². The third-order valence-corrected chi connectivity index (χ3v) is 7.82. The standard InChI is InChI=1S/C22H39N3O/c1-16(2)8-20(25-6-4-24(3)5-7-25)15-23-21(26)22-12-17-9-18(13-22)11-19(10-17)14-22/h16-20H,4-15H2,1-3H3,(H,23,26). The van der Waals surface area contributed by atoms with Gasteiger partial charge >= 0.3 is 0 Å². The van der Waals surface area contributed by atoms with E-state index in [1.807, 2.05) is 0 Å². The van der Waals surface area contributed by atoms with Gasteiger partial charge in [-0.25, -0.2) is 0 Å². The molecule has 1 unspecified atom stereocenters. The fraction of sp³-hybridized carbons (Fsp3) is 0.955. The second kappa shape index (κ2) is 7.43. The molecule has 4 aliphatic carbocycles. The fourth-order valence-corrected chi connectivity index (χ4v) is 6.88. The number of rotatable bonds is 6. The average Bonchev–Trinajstić information content (AvgIpc) is 2.57. The molecule has 4 heteroatoms. The zero-order chi connectivity index (χ0) is 18.3. The summed E-state index contributed by atoms with van der Waals surface area (Å²) in [5.41, 5.74) is -0.000747. The molecule has 0 aromatic heterocycles. The molecule has 1 aliphatic heterocycles. The number of amides is 1. The third kappa shape index (κ3) is 3.82. The largest absolute Gasteiger partial charge is 0.354 e. The molecule has 26 heavy (non-hydrogen) atoms. The van der Waals surface area contributed by atoms with Gasteiger partial charge in [-0.05, 0) is 75.7 Å². The van der Waals surface area contributed by atoms with Gasteiger partial charge in [0.1, 0.15) is 0 Å². The minimum Gasteiger partial charge on any atom is -0.354 e. The topological polar surface area (TPSA) is 35.6 Å². The van der Waals surface area contributed by atoms with Crippen molar-refractivity contribution in [2.75, 3.05) is 39.8 Å². The number of hydrogen-bond acceptors (Lipinski definition) is 3. The lowest BCUT2D eigenvalue weighted by atomic mass is 9.49. The molecule has 0 spiro atoms. The number of nitrogens with zero attached hydrogens (tertiary/aromatic N) is 2. The van der Waals surface area contributed by atoms with E-state index < -0.39 is 0 Å². The first-order valence-corrected chi connectivity index (χ1v) is 11.1. The number of carbonyl (C=O) groups is 1. The highest BCUT2D eigenvalue weighted by atomic mass is 16.2. The highest BCUT2D eigenvalue weighted by molar-refractivity contribution is 5.83. The molecule has 5 fully saturated rings. The van der Waals surface area contributed by atoms with Crippen LogP contribution >= 0.6 is 0 Å². The fourth-order valence-electron chi connectivity index (χ4n) is 6.88. The van der Waals surface area contributed by atoms with E-state index >= 15 is 0 Å². The van der Waals surface area contributed by atoms with Gasteiger partial charge in [-0.15, -0.1) is 0 Å². The summed E-state index contributed by atoms with van der Waals surface area (Å²) in [6, 6.07) is 0.501. The van der Waals surface area contributed by atoms with Crippen molar-refractivity contribution in [2.45, 2.75) is 64.8 Å². The van der Waals surface area contributed by atoms with E-state index in [4.69, 9.17) is 0 Å². The van der Waals surface area contributed by atoms with Gasteiger partial charge in [-0.3, -0.25) is 9.69 Å². The van der Waals surface area contributed by atoms with E-state index in [-0.39, 0.29) is 5.41 Å². The molecule has 1 amide bonds. The first kappa shape index (κ1) is 18.7. The summed E-state index contributed by atoms with van der Waals surface area (Å²) in [5.74, 6) is 3.61. The predicted molar refractivity (Wildman–Crippen MR) is 106 cm³/mol. The highest BCUT2D eigenvalue weighted by Gasteiger charge is 2.54. The summed E-state index contributed by atoms with van der Waals surface area (Å²) in [4.78, 5) is 18.3. The Morgan fingerprint density at radius 1 is 1.00 bits per heavy atom. The lowest BCUT2D eigenvalue weighted by Crippen LogP contribution is -2.57. The molecule has 5 aliphatic rings. The molecule has 4 saturated carbocycles. The summed E-state index contributed by atoms with van der Waals surface area (Å²) in [5, 5.41) is 3.46. The lowest BCUT2D eigenvalue weighted by molar-refractivity contribution is -0.146. The highest BCUT2D eigenvalue weighted by Crippen LogP contribution is 2.60. The van der Waals surface area contributed by atoms with Gasteiger partial charge in [0.25, 0.3) is 0 Å². The summed E-state index contributed by atoms with van der Waals surface area (Å²) in [7, 11) is 2.21. The van der Waals surface area contributed by atoms with Crippen LogP contribution in [0.1, 0.15) is 58.8 Å². The van der Waals surface area contributed by atoms with E-state index in [9.17, 15) is 4.79 Å². The molecule has 4 nitrogen and oxygen atoms in total. The molecule has 1 N–H and O–H groups in total. The average molecular weight is 362 g/mol. The number of carbonyl (C=O) groups excluding carboxylic acids is 1. The van der Waals surface area contributed by atoms with E-state index in [0.29, 0.717) is 17.9 Å². The van der Waals surface area contributed by atoms with E-state index in [2.05, 4.69) is 36.0 Å². The molecule has 0 radical (unpaired) electrons. The van der Waals surface area contributed by atoms with Gasteiger partial charge in [0.15, 0.2) is 0 Å². The van der Waals surface area contributed by atoms with Crippen LogP contribution in [0.4, 0.5) is 0 Å². The van der Waals surface area contributed by atoms with Crippen LogP contribution < -0.4 is 5.32 Å². The molecule has 1 heterocycles. The predicted octanol–water partition coefficient (Wildman–Crippen LogP) is 2.98. The van der Waals surface area contributed by atoms with Crippen molar-refractivity contribution in [3.05, 3.63) is 0 Å². The van der Waals surface area contributed by atoms with Crippen LogP contribution in [0.15, 0.2) is 0 Å². The van der Waals surface area contributed by atoms with Gasteiger partial charge < -0.3 is 10.2 Å². The van der Waals surface area contributed by atoms with Crippen molar-refractivity contribution in [3.8, 4) is 0 Å². The van der Waals surface area contributed by atoms with E-state index in [1.165, 1.54) is 44.9 Å². The Morgan fingerprint density at radius 3 is 2.04 bits per heavy atom. The maximum Gasteiger partial charge on any atom is 0.226 e. The Labute approximate surface area is 160 Å². The number of hydrogen-bond donors (Lipinski definition) is 1. The van der Waals surface area contributed by atoms with Crippen LogP contribution in [0, 0.1) is 29.1 Å². The maximum atomic E-state index is 13.3. The van der Waals surface area contributed by atoms with Crippen LogP contribution in [0.25, 0.3) is 0 Å². The van der Waals surface area contributed by atoms with Gasteiger partial charge in [-0.2, -0.15) is 0 Å². The summed E-state index contributed by atoms with van der Waals surface area (Å²) in [6.45, 7) is 10.0. The smallest absolute Gasteiger partial charge is 0.226 e. The lowest BCUT2D eigenvalue weighted by Gasteiger charge is -2.55. The Kier molecular flexibility index (Phi) is 5.35.